The molecule has 2 aromatic rings. The van der Waals surface area contributed by atoms with Gasteiger partial charge in [-0.3, -0.25) is 15.1 Å². The maximum Gasteiger partial charge on any atom is 0.414 e. The fourth-order valence-corrected chi connectivity index (χ4v) is 3.21. The fraction of sp³-hybridized carbons (Fsp3) is 0.273. The molecule has 1 fully saturated rings. The molecule has 10 heteroatoms. The van der Waals surface area contributed by atoms with E-state index in [-0.39, 0.29) is 18.9 Å². The van der Waals surface area contributed by atoms with Crippen molar-refractivity contribution in [3.8, 4) is 5.75 Å². The molecule has 0 bridgehead atoms. The molecule has 1 saturated heterocycles. The van der Waals surface area contributed by atoms with Crippen molar-refractivity contribution in [1.82, 2.24) is 0 Å². The molecule has 3 rings (SSSR count). The molecular formula is C22H24N4O6. The molecule has 0 radical (unpaired) electrons. The Bertz CT molecular complexity index is 1020. The summed E-state index contributed by atoms with van der Waals surface area (Å²) < 4.78 is 11.0. The molecule has 1 aliphatic rings. The number of anilines is 1. The summed E-state index contributed by atoms with van der Waals surface area (Å²) in [6.07, 6.45) is -1.13. The van der Waals surface area contributed by atoms with Crippen LogP contribution in [-0.4, -0.2) is 53.6 Å². The molecule has 0 aliphatic carbocycles. The summed E-state index contributed by atoms with van der Waals surface area (Å²) in [5.41, 5.74) is 11.0. The quantitative estimate of drug-likeness (QED) is 0.257. The average molecular weight is 440 g/mol. The topological polar surface area (TPSA) is 169 Å². The molecule has 2 unspecified atom stereocenters. The Labute approximate surface area is 184 Å². The minimum atomic E-state index is -1.98. The van der Waals surface area contributed by atoms with Crippen molar-refractivity contribution >= 4 is 29.4 Å². The van der Waals surface area contributed by atoms with Gasteiger partial charge in [-0.05, 0) is 48.9 Å². The molecule has 1 heterocycles. The van der Waals surface area contributed by atoms with E-state index in [1.54, 1.807) is 48.5 Å². The molecule has 2 atom stereocenters. The molecule has 168 valence electrons. The number of rotatable bonds is 9. The monoisotopic (exact) mass is 440 g/mol. The first-order valence-corrected chi connectivity index (χ1v) is 9.78. The zero-order chi connectivity index (χ0) is 23.5. The van der Waals surface area contributed by atoms with Crippen LogP contribution in [0.15, 0.2) is 48.5 Å². The lowest BCUT2D eigenvalue weighted by Gasteiger charge is -2.21. The Kier molecular flexibility index (Phi) is 6.45. The van der Waals surface area contributed by atoms with Crippen molar-refractivity contribution in [2.24, 2.45) is 11.5 Å². The molecule has 1 aliphatic heterocycles. The number of amidine groups is 1. The van der Waals surface area contributed by atoms with Crippen molar-refractivity contribution in [1.29, 1.82) is 5.41 Å². The van der Waals surface area contributed by atoms with E-state index < -0.39 is 29.5 Å². The Morgan fingerprint density at radius 2 is 1.84 bits per heavy atom. The van der Waals surface area contributed by atoms with E-state index in [1.807, 2.05) is 0 Å². The highest BCUT2D eigenvalue weighted by Gasteiger charge is 2.39. The number of ketones is 1. The van der Waals surface area contributed by atoms with Crippen LogP contribution in [0.3, 0.4) is 0 Å². The minimum Gasteiger partial charge on any atom is -0.490 e. The van der Waals surface area contributed by atoms with Crippen molar-refractivity contribution in [3.05, 3.63) is 59.7 Å². The molecule has 10 nitrogen and oxygen atoms in total. The highest BCUT2D eigenvalue weighted by Crippen LogP contribution is 2.23. The van der Waals surface area contributed by atoms with E-state index in [0.717, 1.165) is 6.92 Å². The molecule has 0 spiro atoms. The lowest BCUT2D eigenvalue weighted by Crippen LogP contribution is -2.55. The van der Waals surface area contributed by atoms with Crippen molar-refractivity contribution in [3.63, 3.8) is 0 Å². The number of aliphatic carboxylic acids is 1. The van der Waals surface area contributed by atoms with Crippen molar-refractivity contribution < 1.29 is 29.0 Å². The van der Waals surface area contributed by atoms with Gasteiger partial charge in [0, 0.05) is 17.7 Å². The van der Waals surface area contributed by atoms with E-state index in [2.05, 4.69) is 0 Å². The molecular weight excluding hydrogens is 416 g/mol. The summed E-state index contributed by atoms with van der Waals surface area (Å²) in [4.78, 5) is 36.7. The number of nitrogens with one attached hydrogen (secondary N) is 1. The van der Waals surface area contributed by atoms with Gasteiger partial charge >= 0.3 is 12.1 Å². The van der Waals surface area contributed by atoms with E-state index >= 15 is 0 Å². The second-order valence-electron chi connectivity index (χ2n) is 7.54. The third kappa shape index (κ3) is 4.86. The van der Waals surface area contributed by atoms with Gasteiger partial charge in [-0.25, -0.2) is 9.59 Å². The maximum absolute atomic E-state index is 12.2. The Hall–Kier alpha value is -3.92. The van der Waals surface area contributed by atoms with Crippen molar-refractivity contribution in [2.75, 3.05) is 18.1 Å². The van der Waals surface area contributed by atoms with Gasteiger partial charge in [-0.15, -0.1) is 0 Å². The van der Waals surface area contributed by atoms with Gasteiger partial charge in [-0.1, -0.05) is 12.1 Å². The zero-order valence-electron chi connectivity index (χ0n) is 17.4. The highest BCUT2D eigenvalue weighted by molar-refractivity contribution is 6.06. The maximum atomic E-state index is 12.2. The number of nitrogens with two attached hydrogens (primary N) is 2. The van der Waals surface area contributed by atoms with Gasteiger partial charge in [0.25, 0.3) is 0 Å². The largest absolute Gasteiger partial charge is 0.490 e. The van der Waals surface area contributed by atoms with Crippen LogP contribution in [0.4, 0.5) is 10.5 Å². The molecule has 1 amide bonds. The lowest BCUT2D eigenvalue weighted by atomic mass is 9.88. The predicted molar refractivity (Wildman–Crippen MR) is 116 cm³/mol. The number of amides is 1. The van der Waals surface area contributed by atoms with Gasteiger partial charge in [-0.2, -0.15) is 0 Å². The van der Waals surface area contributed by atoms with E-state index in [9.17, 15) is 19.5 Å². The third-order valence-electron chi connectivity index (χ3n) is 5.22. The van der Waals surface area contributed by atoms with Gasteiger partial charge in [0.2, 0.25) is 0 Å². The number of hydrogen-bond donors (Lipinski definition) is 4. The number of ether oxygens (including phenoxy) is 2. The smallest absolute Gasteiger partial charge is 0.414 e. The highest BCUT2D eigenvalue weighted by atomic mass is 16.6. The number of Topliss-reactive ketones (excluding diaryl/α,β-unsaturated/α-hetero) is 1. The second kappa shape index (κ2) is 9.06. The molecule has 2 aromatic carbocycles. The van der Waals surface area contributed by atoms with Crippen LogP contribution >= 0.6 is 0 Å². The number of cyclic esters (lactones) is 1. The third-order valence-corrected chi connectivity index (χ3v) is 5.22. The molecule has 0 saturated carbocycles. The van der Waals surface area contributed by atoms with Crippen LogP contribution in [0.5, 0.6) is 5.75 Å². The summed E-state index contributed by atoms with van der Waals surface area (Å²) in [6, 6.07) is 13.2. The number of benzene rings is 2. The van der Waals surface area contributed by atoms with Gasteiger partial charge in [0.1, 0.15) is 18.2 Å². The summed E-state index contributed by atoms with van der Waals surface area (Å²) in [5.74, 6) is -1.57. The predicted octanol–water partition coefficient (Wildman–Crippen LogP) is 1.29. The van der Waals surface area contributed by atoms with Gasteiger partial charge < -0.3 is 26.0 Å². The number of carbonyl (C=O) groups excluding carboxylic acids is 2. The zero-order valence-corrected chi connectivity index (χ0v) is 17.4. The summed E-state index contributed by atoms with van der Waals surface area (Å²) in [5, 5.41) is 16.7. The Morgan fingerprint density at radius 3 is 2.38 bits per heavy atom. The van der Waals surface area contributed by atoms with Crippen LogP contribution in [-0.2, 0) is 20.7 Å². The number of nitrogen functional groups attached to an aromatic ring is 1. The summed E-state index contributed by atoms with van der Waals surface area (Å²) in [7, 11) is 0. The van der Waals surface area contributed by atoms with Gasteiger partial charge in [0.05, 0.1) is 6.54 Å². The summed E-state index contributed by atoms with van der Waals surface area (Å²) in [6.45, 7) is 1.56. The number of carboxylic acids is 1. The van der Waals surface area contributed by atoms with Crippen LogP contribution in [0.1, 0.15) is 18.1 Å². The van der Waals surface area contributed by atoms with Crippen LogP contribution in [0.25, 0.3) is 0 Å². The number of hydrogen-bond acceptors (Lipinski definition) is 7. The Morgan fingerprint density at radius 1 is 1.22 bits per heavy atom. The van der Waals surface area contributed by atoms with Crippen LogP contribution in [0.2, 0.25) is 0 Å². The first-order valence-electron chi connectivity index (χ1n) is 9.78. The second-order valence-corrected chi connectivity index (χ2v) is 7.54. The van der Waals surface area contributed by atoms with Crippen LogP contribution < -0.4 is 21.1 Å². The number of carboxylic acid groups (broad SMARTS) is 1. The standard InChI is InChI=1S/C22H24N4O6/c1-13(27)22(25,20(28)29)10-14-2-8-17(9-3-14)31-12-18-11-26(21(30)32-18)16-6-4-15(5-7-16)19(23)24/h2-9,18H,10-12,25H2,1H3,(H3,23,24)(H,28,29). The summed E-state index contributed by atoms with van der Waals surface area (Å²) >= 11 is 0. The molecule has 6 N–H and O–H groups in total. The fourth-order valence-electron chi connectivity index (χ4n) is 3.21. The van der Waals surface area contributed by atoms with Crippen molar-refractivity contribution in [2.45, 2.75) is 25.0 Å². The number of carbonyl (C=O) groups is 3. The average Bonchev–Trinajstić information content (AvgIpc) is 3.13. The Balaban J connectivity index is 1.57. The van der Waals surface area contributed by atoms with Crippen LogP contribution in [0, 0.1) is 5.41 Å². The van der Waals surface area contributed by atoms with E-state index in [4.69, 9.17) is 26.4 Å². The normalized spacial score (nSPS) is 17.4. The first-order chi connectivity index (χ1) is 15.1. The van der Waals surface area contributed by atoms with Gasteiger partial charge in [0.15, 0.2) is 17.4 Å². The SMILES string of the molecule is CC(=O)C(N)(Cc1ccc(OCC2CN(c3ccc(C(=N)N)cc3)C(=O)O2)cc1)C(=O)O. The lowest BCUT2D eigenvalue weighted by molar-refractivity contribution is -0.147. The van der Waals surface area contributed by atoms with E-state index in [1.165, 1.54) is 4.90 Å². The minimum absolute atomic E-state index is 0.0563. The number of nitrogens with zero attached hydrogens (tertiary/aromatic N) is 1. The first kappa shape index (κ1) is 22.8. The molecule has 32 heavy (non-hydrogen) atoms. The molecule has 0 aromatic heterocycles. The van der Waals surface area contributed by atoms with E-state index in [0.29, 0.717) is 29.1 Å².